The number of benzene rings is 2. The van der Waals surface area contributed by atoms with Crippen molar-refractivity contribution in [3.8, 4) is 5.75 Å². The summed E-state index contributed by atoms with van der Waals surface area (Å²) in [5.41, 5.74) is 2.19. The highest BCUT2D eigenvalue weighted by Gasteiger charge is 2.29. The molecule has 3 nitrogen and oxygen atoms in total. The summed E-state index contributed by atoms with van der Waals surface area (Å²) in [4.78, 5) is 2.24. The predicted octanol–water partition coefficient (Wildman–Crippen LogP) is 2.86. The Bertz CT molecular complexity index is 585. The van der Waals surface area contributed by atoms with E-state index in [-0.39, 0.29) is 5.92 Å². The van der Waals surface area contributed by atoms with Crippen LogP contribution in [0.15, 0.2) is 54.6 Å². The minimum Gasteiger partial charge on any atom is -0.493 e. The van der Waals surface area contributed by atoms with Crippen LogP contribution >= 0.6 is 0 Å². The third kappa shape index (κ3) is 3.26. The van der Waals surface area contributed by atoms with Crippen LogP contribution in [0.1, 0.15) is 17.2 Å². The molecule has 0 saturated carbocycles. The molecule has 0 unspecified atom stereocenters. The van der Waals surface area contributed by atoms with Crippen LogP contribution in [0.2, 0.25) is 0 Å². The van der Waals surface area contributed by atoms with Crippen LogP contribution in [0.5, 0.6) is 5.75 Å². The molecule has 0 saturated heterocycles. The fourth-order valence-corrected chi connectivity index (χ4v) is 2.91. The molecule has 1 heterocycles. The summed E-state index contributed by atoms with van der Waals surface area (Å²) < 4.78 is 5.77. The molecule has 1 N–H and O–H groups in total. The van der Waals surface area contributed by atoms with Gasteiger partial charge in [0.25, 0.3) is 0 Å². The van der Waals surface area contributed by atoms with Crippen molar-refractivity contribution >= 4 is 0 Å². The Morgan fingerprint density at radius 1 is 1.10 bits per heavy atom. The molecular weight excluding hydrogens is 262 g/mol. The summed E-state index contributed by atoms with van der Waals surface area (Å²) >= 11 is 0. The molecule has 1 aliphatic heterocycles. The third-order valence-corrected chi connectivity index (χ3v) is 3.98. The molecule has 3 heteroatoms. The van der Waals surface area contributed by atoms with E-state index in [1.54, 1.807) is 0 Å². The van der Waals surface area contributed by atoms with Gasteiger partial charge in [-0.15, -0.1) is 0 Å². The average molecular weight is 283 g/mol. The number of hydrogen-bond donors (Lipinski definition) is 1. The van der Waals surface area contributed by atoms with Crippen molar-refractivity contribution in [2.45, 2.75) is 12.6 Å². The van der Waals surface area contributed by atoms with E-state index in [1.165, 1.54) is 5.56 Å². The maximum absolute atomic E-state index is 10.5. The van der Waals surface area contributed by atoms with Crippen molar-refractivity contribution in [3.05, 3.63) is 65.7 Å². The number of para-hydroxylation sites is 1. The first kappa shape index (κ1) is 14.1. The van der Waals surface area contributed by atoms with Gasteiger partial charge in [-0.1, -0.05) is 48.5 Å². The Labute approximate surface area is 125 Å². The number of nitrogens with zero attached hydrogens (tertiary/aromatic N) is 1. The second-order valence-electron chi connectivity index (χ2n) is 5.74. The van der Waals surface area contributed by atoms with Gasteiger partial charge in [0.15, 0.2) is 0 Å². The van der Waals surface area contributed by atoms with E-state index in [9.17, 15) is 5.11 Å². The standard InChI is InChI=1S/C18H21NO2/c1-19(11-14-7-3-2-4-8-14)12-15-13-21-17-10-6-5-9-16(17)18(15)20/h2-10,15,18,20H,11-13H2,1H3/t15-,18-/m0/s1. The number of ether oxygens (including phenoxy) is 1. The van der Waals surface area contributed by atoms with E-state index in [0.717, 1.165) is 24.4 Å². The second-order valence-corrected chi connectivity index (χ2v) is 5.74. The molecule has 0 amide bonds. The number of rotatable bonds is 4. The first-order valence-corrected chi connectivity index (χ1v) is 7.36. The molecule has 2 aromatic carbocycles. The summed E-state index contributed by atoms with van der Waals surface area (Å²) in [6.45, 7) is 2.26. The molecular formula is C18H21NO2. The molecule has 0 spiro atoms. The fraction of sp³-hybridized carbons (Fsp3) is 0.333. The van der Waals surface area contributed by atoms with Crippen molar-refractivity contribution in [3.63, 3.8) is 0 Å². The number of aliphatic hydroxyl groups excluding tert-OH is 1. The van der Waals surface area contributed by atoms with E-state index >= 15 is 0 Å². The maximum atomic E-state index is 10.5. The lowest BCUT2D eigenvalue weighted by molar-refractivity contribution is 0.0320. The van der Waals surface area contributed by atoms with E-state index in [2.05, 4.69) is 36.2 Å². The van der Waals surface area contributed by atoms with E-state index in [0.29, 0.717) is 6.61 Å². The van der Waals surface area contributed by atoms with Crippen LogP contribution in [-0.2, 0) is 6.54 Å². The lowest BCUT2D eigenvalue weighted by Crippen LogP contribution is -2.35. The SMILES string of the molecule is CN(Cc1ccccc1)C[C@H]1COc2ccccc2[C@H]1O. The molecule has 1 aliphatic rings. The topological polar surface area (TPSA) is 32.7 Å². The minimum absolute atomic E-state index is 0.105. The Morgan fingerprint density at radius 2 is 1.81 bits per heavy atom. The predicted molar refractivity (Wildman–Crippen MR) is 83.2 cm³/mol. The largest absolute Gasteiger partial charge is 0.493 e. The van der Waals surface area contributed by atoms with Gasteiger partial charge in [-0.3, -0.25) is 0 Å². The van der Waals surface area contributed by atoms with Crippen LogP contribution in [0.4, 0.5) is 0 Å². The van der Waals surface area contributed by atoms with Crippen LogP contribution in [-0.4, -0.2) is 30.2 Å². The maximum Gasteiger partial charge on any atom is 0.125 e. The van der Waals surface area contributed by atoms with E-state index in [1.807, 2.05) is 30.3 Å². The zero-order chi connectivity index (χ0) is 14.7. The van der Waals surface area contributed by atoms with Gasteiger partial charge >= 0.3 is 0 Å². The van der Waals surface area contributed by atoms with Gasteiger partial charge in [0.1, 0.15) is 5.75 Å². The number of fused-ring (bicyclic) bond motifs is 1. The highest BCUT2D eigenvalue weighted by Crippen LogP contribution is 2.35. The van der Waals surface area contributed by atoms with Crippen molar-refractivity contribution in [1.29, 1.82) is 0 Å². The van der Waals surface area contributed by atoms with Gasteiger partial charge in [-0.25, -0.2) is 0 Å². The average Bonchev–Trinajstić information content (AvgIpc) is 2.51. The van der Waals surface area contributed by atoms with Crippen LogP contribution in [0.25, 0.3) is 0 Å². The molecule has 21 heavy (non-hydrogen) atoms. The fourth-order valence-electron chi connectivity index (χ4n) is 2.91. The monoisotopic (exact) mass is 283 g/mol. The van der Waals surface area contributed by atoms with Gasteiger partial charge in [0.05, 0.1) is 12.7 Å². The Hall–Kier alpha value is -1.84. The van der Waals surface area contributed by atoms with Gasteiger partial charge < -0.3 is 14.7 Å². The van der Waals surface area contributed by atoms with Gasteiger partial charge in [-0.05, 0) is 18.7 Å². The molecule has 0 fully saturated rings. The van der Waals surface area contributed by atoms with Crippen LogP contribution in [0.3, 0.4) is 0 Å². The van der Waals surface area contributed by atoms with Crippen molar-refractivity contribution < 1.29 is 9.84 Å². The second kappa shape index (κ2) is 6.29. The van der Waals surface area contributed by atoms with Gasteiger partial charge in [0.2, 0.25) is 0 Å². The van der Waals surface area contributed by atoms with E-state index in [4.69, 9.17) is 4.74 Å². The first-order chi connectivity index (χ1) is 10.2. The highest BCUT2D eigenvalue weighted by atomic mass is 16.5. The molecule has 3 rings (SSSR count). The Morgan fingerprint density at radius 3 is 2.62 bits per heavy atom. The smallest absolute Gasteiger partial charge is 0.125 e. The Kier molecular flexibility index (Phi) is 4.23. The molecule has 0 aliphatic carbocycles. The summed E-state index contributed by atoms with van der Waals surface area (Å²) in [6.07, 6.45) is -0.451. The van der Waals surface area contributed by atoms with Crippen molar-refractivity contribution in [2.24, 2.45) is 5.92 Å². The highest BCUT2D eigenvalue weighted by molar-refractivity contribution is 5.37. The molecule has 0 bridgehead atoms. The zero-order valence-electron chi connectivity index (χ0n) is 12.3. The van der Waals surface area contributed by atoms with Gasteiger partial charge in [0, 0.05) is 24.6 Å². The molecule has 2 atom stereocenters. The molecule has 0 aromatic heterocycles. The number of aliphatic hydroxyl groups is 1. The molecule has 0 radical (unpaired) electrons. The lowest BCUT2D eigenvalue weighted by atomic mass is 9.93. The van der Waals surface area contributed by atoms with Crippen LogP contribution < -0.4 is 4.74 Å². The molecule has 2 aromatic rings. The Balaban J connectivity index is 1.63. The summed E-state index contributed by atoms with van der Waals surface area (Å²) in [5.74, 6) is 0.917. The quantitative estimate of drug-likeness (QED) is 0.936. The van der Waals surface area contributed by atoms with Crippen LogP contribution in [0, 0.1) is 5.92 Å². The van der Waals surface area contributed by atoms with Crippen molar-refractivity contribution in [1.82, 2.24) is 4.90 Å². The third-order valence-electron chi connectivity index (χ3n) is 3.98. The summed E-state index contributed by atoms with van der Waals surface area (Å²) in [7, 11) is 2.08. The first-order valence-electron chi connectivity index (χ1n) is 7.36. The lowest BCUT2D eigenvalue weighted by Gasteiger charge is -2.33. The van der Waals surface area contributed by atoms with Crippen molar-refractivity contribution in [2.75, 3.05) is 20.2 Å². The normalized spacial score (nSPS) is 20.9. The van der Waals surface area contributed by atoms with E-state index < -0.39 is 6.10 Å². The number of hydrogen-bond acceptors (Lipinski definition) is 3. The summed E-state index contributed by atoms with van der Waals surface area (Å²) in [6, 6.07) is 18.1. The molecule has 110 valence electrons. The summed E-state index contributed by atoms with van der Waals surface area (Å²) in [5, 5.41) is 10.5. The minimum atomic E-state index is -0.451. The zero-order valence-corrected chi connectivity index (χ0v) is 12.3. The van der Waals surface area contributed by atoms with Gasteiger partial charge in [-0.2, -0.15) is 0 Å².